The maximum absolute atomic E-state index is 5.60. The van der Waals surface area contributed by atoms with E-state index in [1.807, 2.05) is 6.07 Å². The molecule has 3 nitrogen and oxygen atoms in total. The van der Waals surface area contributed by atoms with Crippen molar-refractivity contribution in [1.82, 2.24) is 0 Å². The van der Waals surface area contributed by atoms with E-state index in [0.29, 0.717) is 0 Å². The van der Waals surface area contributed by atoms with Crippen molar-refractivity contribution >= 4 is 11.8 Å². The van der Waals surface area contributed by atoms with Crippen molar-refractivity contribution in [1.29, 1.82) is 0 Å². The predicted molar refractivity (Wildman–Crippen MR) is 120 cm³/mol. The minimum Gasteiger partial charge on any atom is -0.493 e. The number of benzene rings is 3. The molecular weight excluding hydrogens is 358 g/mol. The highest BCUT2D eigenvalue weighted by Gasteiger charge is 2.28. The number of fused-ring (bicyclic) bond motifs is 1. The Morgan fingerprint density at radius 2 is 1.55 bits per heavy atom. The zero-order valence-electron chi connectivity index (χ0n) is 17.0. The lowest BCUT2D eigenvalue weighted by molar-refractivity contribution is 0.353. The molecule has 3 aromatic carbocycles. The number of anilines is 1. The van der Waals surface area contributed by atoms with E-state index in [9.17, 15) is 0 Å². The van der Waals surface area contributed by atoms with Gasteiger partial charge in [-0.05, 0) is 53.8 Å². The van der Waals surface area contributed by atoms with Gasteiger partial charge in [0.2, 0.25) is 0 Å². The van der Waals surface area contributed by atoms with Gasteiger partial charge in [0.1, 0.15) is 0 Å². The molecular formula is C26H27NO2. The Morgan fingerprint density at radius 3 is 2.24 bits per heavy atom. The molecule has 0 saturated carbocycles. The number of hydrogen-bond acceptors (Lipinski definition) is 3. The molecule has 0 amide bonds. The summed E-state index contributed by atoms with van der Waals surface area (Å²) in [6, 6.07) is 25.7. The van der Waals surface area contributed by atoms with Gasteiger partial charge < -0.3 is 14.4 Å². The van der Waals surface area contributed by atoms with Crippen molar-refractivity contribution < 1.29 is 9.47 Å². The van der Waals surface area contributed by atoms with Crippen LogP contribution in [0.1, 0.15) is 29.2 Å². The fourth-order valence-corrected chi connectivity index (χ4v) is 4.11. The highest BCUT2D eigenvalue weighted by Crippen LogP contribution is 2.41. The average Bonchev–Trinajstić information content (AvgIpc) is 2.79. The third-order valence-corrected chi connectivity index (χ3v) is 5.56. The Labute approximate surface area is 173 Å². The summed E-state index contributed by atoms with van der Waals surface area (Å²) in [5, 5.41) is 0. The molecule has 1 aliphatic heterocycles. The van der Waals surface area contributed by atoms with Gasteiger partial charge in [0, 0.05) is 12.2 Å². The number of methoxy groups -OCH3 is 2. The van der Waals surface area contributed by atoms with Gasteiger partial charge in [0.05, 0.1) is 20.3 Å². The summed E-state index contributed by atoms with van der Waals surface area (Å²) in [5.74, 6) is 1.59. The molecule has 1 atom stereocenters. The van der Waals surface area contributed by atoms with Gasteiger partial charge in [-0.1, -0.05) is 60.7 Å². The smallest absolute Gasteiger partial charge is 0.161 e. The first-order valence-electron chi connectivity index (χ1n) is 10.1. The molecule has 0 N–H and O–H groups in total. The lowest BCUT2D eigenvalue weighted by atomic mass is 9.89. The number of ether oxygens (including phenoxy) is 2. The largest absolute Gasteiger partial charge is 0.493 e. The molecule has 0 radical (unpaired) electrons. The van der Waals surface area contributed by atoms with Crippen molar-refractivity contribution in [3.63, 3.8) is 0 Å². The fraction of sp³-hybridized carbons (Fsp3) is 0.231. The molecule has 0 saturated heterocycles. The van der Waals surface area contributed by atoms with Gasteiger partial charge in [-0.2, -0.15) is 0 Å². The third-order valence-electron chi connectivity index (χ3n) is 5.56. The van der Waals surface area contributed by atoms with Crippen LogP contribution < -0.4 is 14.4 Å². The number of para-hydroxylation sites is 1. The van der Waals surface area contributed by atoms with Crippen LogP contribution in [0.5, 0.6) is 11.5 Å². The molecule has 0 spiro atoms. The first kappa shape index (κ1) is 19.1. The third kappa shape index (κ3) is 4.14. The summed E-state index contributed by atoms with van der Waals surface area (Å²) in [6.45, 7) is 0.982. The van der Waals surface area contributed by atoms with Gasteiger partial charge in [-0.3, -0.25) is 0 Å². The lowest BCUT2D eigenvalue weighted by Crippen LogP contribution is -2.35. The summed E-state index contributed by atoms with van der Waals surface area (Å²) in [7, 11) is 3.40. The summed E-state index contributed by atoms with van der Waals surface area (Å²) in [5.41, 5.74) is 5.14. The van der Waals surface area contributed by atoms with Crippen molar-refractivity contribution in [2.75, 3.05) is 25.7 Å². The van der Waals surface area contributed by atoms with E-state index >= 15 is 0 Å². The number of hydrogen-bond donors (Lipinski definition) is 0. The Kier molecular flexibility index (Phi) is 5.85. The van der Waals surface area contributed by atoms with Crippen LogP contribution in [0.4, 0.5) is 5.69 Å². The highest BCUT2D eigenvalue weighted by atomic mass is 16.5. The van der Waals surface area contributed by atoms with Crippen LogP contribution in [0.25, 0.3) is 6.08 Å². The van der Waals surface area contributed by atoms with Crippen molar-refractivity contribution in [3.05, 3.63) is 95.6 Å². The first-order chi connectivity index (χ1) is 14.3. The Bertz CT molecular complexity index is 967. The molecule has 1 aliphatic rings. The highest BCUT2D eigenvalue weighted by molar-refractivity contribution is 5.57. The maximum Gasteiger partial charge on any atom is 0.161 e. The predicted octanol–water partition coefficient (Wildman–Crippen LogP) is 5.91. The molecule has 3 heteroatoms. The van der Waals surface area contributed by atoms with Gasteiger partial charge in [0.15, 0.2) is 11.5 Å². The van der Waals surface area contributed by atoms with Gasteiger partial charge in [0.25, 0.3) is 0 Å². The zero-order chi connectivity index (χ0) is 20.1. The van der Waals surface area contributed by atoms with Crippen LogP contribution in [0, 0.1) is 0 Å². The molecule has 4 rings (SSSR count). The fourth-order valence-electron chi connectivity index (χ4n) is 4.11. The van der Waals surface area contributed by atoms with E-state index in [1.54, 1.807) is 14.2 Å². The van der Waals surface area contributed by atoms with Crippen LogP contribution in [0.3, 0.4) is 0 Å². The minimum atomic E-state index is 0.251. The van der Waals surface area contributed by atoms with Crippen LogP contribution in [0.2, 0.25) is 0 Å². The van der Waals surface area contributed by atoms with Crippen LogP contribution >= 0.6 is 0 Å². The number of nitrogens with zero attached hydrogens (tertiary/aromatic N) is 1. The molecule has 148 valence electrons. The SMILES string of the molecule is COc1cc2c(cc1OC)C(C/C=C\c1ccccc1)N(c1ccccc1)CC2. The molecule has 0 bridgehead atoms. The lowest BCUT2D eigenvalue weighted by Gasteiger charge is -2.39. The van der Waals surface area contributed by atoms with Crippen LogP contribution in [-0.4, -0.2) is 20.8 Å². The molecule has 0 fully saturated rings. The second-order valence-corrected chi connectivity index (χ2v) is 7.25. The maximum atomic E-state index is 5.60. The summed E-state index contributed by atoms with van der Waals surface area (Å²) < 4.78 is 11.1. The van der Waals surface area contributed by atoms with Crippen LogP contribution in [-0.2, 0) is 6.42 Å². The quantitative estimate of drug-likeness (QED) is 0.526. The second kappa shape index (κ2) is 8.87. The van der Waals surface area contributed by atoms with Gasteiger partial charge in [-0.25, -0.2) is 0 Å². The van der Waals surface area contributed by atoms with E-state index in [-0.39, 0.29) is 6.04 Å². The zero-order valence-corrected chi connectivity index (χ0v) is 17.0. The standard InChI is InChI=1S/C26H27NO2/c1-28-25-18-21-16-17-27(22-13-7-4-8-14-22)24(23(21)19-26(25)29-2)15-9-12-20-10-5-3-6-11-20/h3-14,18-19,24H,15-17H2,1-2H3/b12-9-. The minimum absolute atomic E-state index is 0.251. The second-order valence-electron chi connectivity index (χ2n) is 7.25. The Hall–Kier alpha value is -3.20. The summed E-state index contributed by atoms with van der Waals surface area (Å²) in [6.07, 6.45) is 6.40. The summed E-state index contributed by atoms with van der Waals surface area (Å²) in [4.78, 5) is 2.50. The van der Waals surface area contributed by atoms with E-state index in [2.05, 4.69) is 83.8 Å². The molecule has 3 aromatic rings. The molecule has 1 unspecified atom stereocenters. The topological polar surface area (TPSA) is 21.7 Å². The summed E-state index contributed by atoms with van der Waals surface area (Å²) >= 11 is 0. The monoisotopic (exact) mass is 385 g/mol. The van der Waals surface area contributed by atoms with Crippen molar-refractivity contribution in [2.45, 2.75) is 18.9 Å². The first-order valence-corrected chi connectivity index (χ1v) is 10.1. The molecule has 1 heterocycles. The Balaban J connectivity index is 1.70. The van der Waals surface area contributed by atoms with E-state index < -0.39 is 0 Å². The van der Waals surface area contributed by atoms with Gasteiger partial charge in [-0.15, -0.1) is 0 Å². The average molecular weight is 386 g/mol. The molecule has 0 aliphatic carbocycles. The molecule has 29 heavy (non-hydrogen) atoms. The normalized spacial score (nSPS) is 15.9. The van der Waals surface area contributed by atoms with Crippen LogP contribution in [0.15, 0.2) is 78.9 Å². The van der Waals surface area contributed by atoms with Gasteiger partial charge >= 0.3 is 0 Å². The number of rotatable bonds is 6. The van der Waals surface area contributed by atoms with Crippen molar-refractivity contribution in [2.24, 2.45) is 0 Å². The van der Waals surface area contributed by atoms with E-state index in [4.69, 9.17) is 9.47 Å². The van der Waals surface area contributed by atoms with E-state index in [0.717, 1.165) is 30.9 Å². The van der Waals surface area contributed by atoms with E-state index in [1.165, 1.54) is 22.4 Å². The molecule has 0 aromatic heterocycles. The Morgan fingerprint density at radius 1 is 0.897 bits per heavy atom. The van der Waals surface area contributed by atoms with Crippen molar-refractivity contribution in [3.8, 4) is 11.5 Å².